The molecule has 4 N–H and O–H groups in total. The number of hydrogen-bond acceptors (Lipinski definition) is 7. The number of nitrogens with one attached hydrogen (secondary N) is 4. The first-order valence-corrected chi connectivity index (χ1v) is 9.77. The number of pyridine rings is 1. The van der Waals surface area contributed by atoms with Crippen molar-refractivity contribution in [1.29, 1.82) is 0 Å². The Morgan fingerprint density at radius 2 is 1.34 bits per heavy atom. The minimum atomic E-state index is -0.336. The number of carbonyl (C=O) groups is 1. The van der Waals surface area contributed by atoms with Gasteiger partial charge < -0.3 is 26.0 Å². The van der Waals surface area contributed by atoms with Gasteiger partial charge in [0.15, 0.2) is 0 Å². The van der Waals surface area contributed by atoms with Gasteiger partial charge >= 0.3 is 6.03 Å². The number of benzene rings is 2. The lowest BCUT2D eigenvalue weighted by Crippen LogP contribution is -2.19. The van der Waals surface area contributed by atoms with E-state index in [0.717, 1.165) is 11.4 Å². The third kappa shape index (κ3) is 5.70. The van der Waals surface area contributed by atoms with Crippen LogP contribution in [0, 0.1) is 0 Å². The predicted octanol–water partition coefficient (Wildman–Crippen LogP) is 5.01. The second kappa shape index (κ2) is 9.90. The van der Waals surface area contributed by atoms with Gasteiger partial charge in [-0.2, -0.15) is 0 Å². The molecule has 2 aromatic carbocycles. The third-order valence-corrected chi connectivity index (χ3v) is 4.35. The van der Waals surface area contributed by atoms with E-state index in [-0.39, 0.29) is 6.03 Å². The van der Waals surface area contributed by atoms with E-state index in [1.807, 2.05) is 30.3 Å². The van der Waals surface area contributed by atoms with Crippen LogP contribution in [0.5, 0.6) is 5.75 Å². The van der Waals surface area contributed by atoms with Gasteiger partial charge in [-0.15, -0.1) is 0 Å². The average Bonchev–Trinajstić information content (AvgIpc) is 2.82. The Hall–Kier alpha value is -4.66. The molecule has 160 valence electrons. The van der Waals surface area contributed by atoms with Gasteiger partial charge in [-0.3, -0.25) is 0 Å². The van der Waals surface area contributed by atoms with Gasteiger partial charge in [0.25, 0.3) is 0 Å². The number of methoxy groups -OCH3 is 1. The third-order valence-electron chi connectivity index (χ3n) is 4.35. The van der Waals surface area contributed by atoms with Crippen LogP contribution in [-0.4, -0.2) is 28.1 Å². The highest BCUT2D eigenvalue weighted by atomic mass is 16.5. The highest BCUT2D eigenvalue weighted by Crippen LogP contribution is 2.20. The number of anilines is 6. The molecule has 4 rings (SSSR count). The van der Waals surface area contributed by atoms with Crippen molar-refractivity contribution in [2.75, 3.05) is 28.4 Å². The molecule has 4 aromatic rings. The summed E-state index contributed by atoms with van der Waals surface area (Å²) >= 11 is 0. The van der Waals surface area contributed by atoms with Gasteiger partial charge in [0.05, 0.1) is 7.11 Å². The van der Waals surface area contributed by atoms with Gasteiger partial charge in [-0.25, -0.2) is 19.7 Å². The van der Waals surface area contributed by atoms with Crippen LogP contribution in [0.1, 0.15) is 0 Å². The van der Waals surface area contributed by atoms with Gasteiger partial charge in [0.1, 0.15) is 29.5 Å². The molecule has 0 spiro atoms. The predicted molar refractivity (Wildman–Crippen MR) is 125 cm³/mol. The van der Waals surface area contributed by atoms with Crippen LogP contribution in [0.4, 0.5) is 39.3 Å². The molecule has 2 aromatic heterocycles. The van der Waals surface area contributed by atoms with E-state index < -0.39 is 0 Å². The Labute approximate surface area is 184 Å². The van der Waals surface area contributed by atoms with Crippen LogP contribution in [0.2, 0.25) is 0 Å². The number of urea groups is 1. The van der Waals surface area contributed by atoms with Crippen molar-refractivity contribution in [1.82, 2.24) is 15.0 Å². The van der Waals surface area contributed by atoms with Crippen molar-refractivity contribution in [2.45, 2.75) is 0 Å². The number of ether oxygens (including phenoxy) is 1. The molecular weight excluding hydrogens is 406 g/mol. The molecule has 0 saturated heterocycles. The van der Waals surface area contributed by atoms with E-state index in [4.69, 9.17) is 4.74 Å². The van der Waals surface area contributed by atoms with E-state index in [2.05, 4.69) is 36.2 Å². The van der Waals surface area contributed by atoms with Crippen LogP contribution < -0.4 is 26.0 Å². The summed E-state index contributed by atoms with van der Waals surface area (Å²) in [5.41, 5.74) is 2.14. The molecular formula is C23H21N7O2. The van der Waals surface area contributed by atoms with Crippen molar-refractivity contribution in [2.24, 2.45) is 0 Å². The molecule has 0 aliphatic carbocycles. The lowest BCUT2D eigenvalue weighted by molar-refractivity contribution is 0.262. The van der Waals surface area contributed by atoms with Gasteiger partial charge in [0, 0.05) is 29.3 Å². The molecule has 9 nitrogen and oxygen atoms in total. The number of nitrogens with zero attached hydrogens (tertiary/aromatic N) is 3. The lowest BCUT2D eigenvalue weighted by atomic mass is 10.2. The fourth-order valence-electron chi connectivity index (χ4n) is 2.81. The quantitative estimate of drug-likeness (QED) is 0.328. The summed E-state index contributed by atoms with van der Waals surface area (Å²) in [6.45, 7) is 0. The zero-order valence-electron chi connectivity index (χ0n) is 17.2. The smallest absolute Gasteiger partial charge is 0.323 e. The topological polar surface area (TPSA) is 113 Å². The normalized spacial score (nSPS) is 10.2. The SMILES string of the molecule is COc1ccc(NC(=O)Nc2ccc(Nc3cc(Nc4ccccn4)ncn3)cc2)cc1. The first-order valence-electron chi connectivity index (χ1n) is 9.77. The first kappa shape index (κ1) is 20.6. The van der Waals surface area contributed by atoms with Crippen LogP contribution in [0.15, 0.2) is 85.3 Å². The summed E-state index contributed by atoms with van der Waals surface area (Å²) in [6, 6.07) is 21.4. The van der Waals surface area contributed by atoms with Crippen molar-refractivity contribution in [3.05, 3.63) is 85.3 Å². The summed E-state index contributed by atoms with van der Waals surface area (Å²) in [5, 5.41) is 11.9. The average molecular weight is 427 g/mol. The Balaban J connectivity index is 1.33. The maximum atomic E-state index is 12.2. The van der Waals surface area contributed by atoms with Crippen LogP contribution >= 0.6 is 0 Å². The van der Waals surface area contributed by atoms with Crippen molar-refractivity contribution in [3.8, 4) is 5.75 Å². The largest absolute Gasteiger partial charge is 0.497 e. The molecule has 32 heavy (non-hydrogen) atoms. The number of rotatable bonds is 7. The summed E-state index contributed by atoms with van der Waals surface area (Å²) in [5.74, 6) is 2.66. The lowest BCUT2D eigenvalue weighted by Gasteiger charge is -2.10. The zero-order valence-corrected chi connectivity index (χ0v) is 17.2. The number of hydrogen-bond donors (Lipinski definition) is 4. The molecule has 0 radical (unpaired) electrons. The Bertz CT molecular complexity index is 1170. The fourth-order valence-corrected chi connectivity index (χ4v) is 2.81. The number of carbonyl (C=O) groups excluding carboxylic acids is 1. The van der Waals surface area contributed by atoms with Gasteiger partial charge in [-0.1, -0.05) is 6.07 Å². The molecule has 0 unspecified atom stereocenters. The van der Waals surface area contributed by atoms with Crippen molar-refractivity contribution < 1.29 is 9.53 Å². The van der Waals surface area contributed by atoms with E-state index in [1.165, 1.54) is 6.33 Å². The fraction of sp³-hybridized carbons (Fsp3) is 0.0435. The first-order chi connectivity index (χ1) is 15.7. The summed E-state index contributed by atoms with van der Waals surface area (Å²) in [4.78, 5) is 24.9. The highest BCUT2D eigenvalue weighted by Gasteiger charge is 2.05. The van der Waals surface area contributed by atoms with Gasteiger partial charge in [-0.05, 0) is 60.7 Å². The monoisotopic (exact) mass is 427 g/mol. The molecule has 0 aliphatic heterocycles. The van der Waals surface area contributed by atoms with E-state index in [9.17, 15) is 4.79 Å². The molecule has 2 heterocycles. The van der Waals surface area contributed by atoms with Crippen LogP contribution in [0.3, 0.4) is 0 Å². The minimum Gasteiger partial charge on any atom is -0.497 e. The minimum absolute atomic E-state index is 0.336. The molecule has 0 bridgehead atoms. The molecule has 0 saturated carbocycles. The maximum Gasteiger partial charge on any atom is 0.323 e. The Kier molecular flexibility index (Phi) is 6.37. The van der Waals surface area contributed by atoms with E-state index in [0.29, 0.717) is 28.8 Å². The highest BCUT2D eigenvalue weighted by molar-refractivity contribution is 5.99. The number of aromatic nitrogens is 3. The molecule has 2 amide bonds. The summed E-state index contributed by atoms with van der Waals surface area (Å²) in [7, 11) is 1.59. The van der Waals surface area contributed by atoms with Crippen molar-refractivity contribution >= 4 is 40.5 Å². The van der Waals surface area contributed by atoms with Crippen LogP contribution in [0.25, 0.3) is 0 Å². The molecule has 0 atom stereocenters. The van der Waals surface area contributed by atoms with Crippen molar-refractivity contribution in [3.63, 3.8) is 0 Å². The summed E-state index contributed by atoms with van der Waals surface area (Å²) < 4.78 is 5.11. The number of amides is 2. The maximum absolute atomic E-state index is 12.2. The standard InChI is InChI=1S/C23H21N7O2/c1-32-19-11-9-18(10-12-19)29-23(31)28-17-7-5-16(6-8-17)27-21-14-22(26-15-25-21)30-20-4-2-3-13-24-20/h2-15H,1H3,(H2,28,29,31)(H2,24,25,26,27,30). The molecule has 0 aliphatic rings. The zero-order chi connectivity index (χ0) is 22.2. The Morgan fingerprint density at radius 3 is 1.97 bits per heavy atom. The van der Waals surface area contributed by atoms with Gasteiger partial charge in [0.2, 0.25) is 0 Å². The Morgan fingerprint density at radius 1 is 0.719 bits per heavy atom. The van der Waals surface area contributed by atoms with Crippen LogP contribution in [-0.2, 0) is 0 Å². The molecule has 9 heteroatoms. The summed E-state index contributed by atoms with van der Waals surface area (Å²) in [6.07, 6.45) is 3.17. The van der Waals surface area contributed by atoms with E-state index in [1.54, 1.807) is 55.8 Å². The molecule has 0 fully saturated rings. The van der Waals surface area contributed by atoms with E-state index >= 15 is 0 Å². The second-order valence-electron chi connectivity index (χ2n) is 6.64. The second-order valence-corrected chi connectivity index (χ2v) is 6.64.